The zero-order chi connectivity index (χ0) is 17.1. The van der Waals surface area contributed by atoms with Gasteiger partial charge in [0.05, 0.1) is 16.6 Å². The van der Waals surface area contributed by atoms with Gasteiger partial charge in [-0.05, 0) is 48.8 Å². The number of esters is 1. The fourth-order valence-electron chi connectivity index (χ4n) is 1.60. The molecule has 0 radical (unpaired) electrons. The van der Waals surface area contributed by atoms with Gasteiger partial charge in [0.25, 0.3) is 0 Å². The molecule has 1 atom stereocenters. The molecule has 0 aromatic heterocycles. The molecular formula is C15H18BrF2NO3. The Balaban J connectivity index is 2.69. The van der Waals surface area contributed by atoms with E-state index < -0.39 is 35.0 Å². The van der Waals surface area contributed by atoms with Crippen molar-refractivity contribution in [1.82, 2.24) is 0 Å². The minimum atomic E-state index is -0.905. The van der Waals surface area contributed by atoms with Crippen molar-refractivity contribution in [3.63, 3.8) is 0 Å². The Morgan fingerprint density at radius 1 is 1.32 bits per heavy atom. The number of amides is 1. The second-order valence-electron chi connectivity index (χ2n) is 5.90. The number of carbonyl (C=O) groups excluding carboxylic acids is 2. The third-order valence-electron chi connectivity index (χ3n) is 2.63. The van der Waals surface area contributed by atoms with Gasteiger partial charge in [-0.1, -0.05) is 6.92 Å². The van der Waals surface area contributed by atoms with Crippen LogP contribution in [-0.2, 0) is 14.3 Å². The lowest BCUT2D eigenvalue weighted by Gasteiger charge is -2.20. The maximum absolute atomic E-state index is 13.8. The van der Waals surface area contributed by atoms with Gasteiger partial charge < -0.3 is 10.1 Å². The highest BCUT2D eigenvalue weighted by Gasteiger charge is 2.23. The summed E-state index contributed by atoms with van der Waals surface area (Å²) in [5, 5.41) is 2.33. The zero-order valence-electron chi connectivity index (χ0n) is 12.8. The van der Waals surface area contributed by atoms with Crippen LogP contribution in [0, 0.1) is 17.6 Å². The van der Waals surface area contributed by atoms with E-state index in [4.69, 9.17) is 4.74 Å². The van der Waals surface area contributed by atoms with Crippen molar-refractivity contribution in [2.24, 2.45) is 5.92 Å². The van der Waals surface area contributed by atoms with Gasteiger partial charge in [0.1, 0.15) is 11.4 Å². The molecule has 7 heteroatoms. The van der Waals surface area contributed by atoms with Crippen LogP contribution in [-0.4, -0.2) is 17.5 Å². The molecule has 1 amide bonds. The lowest BCUT2D eigenvalue weighted by atomic mass is 10.1. The average molecular weight is 378 g/mol. The number of nitrogens with one attached hydrogen (secondary N) is 1. The normalized spacial score (nSPS) is 12.7. The molecule has 0 aliphatic heterocycles. The predicted molar refractivity (Wildman–Crippen MR) is 82.3 cm³/mol. The highest BCUT2D eigenvalue weighted by atomic mass is 79.9. The molecule has 1 aromatic carbocycles. The molecule has 0 fully saturated rings. The third-order valence-corrected chi connectivity index (χ3v) is 3.36. The number of benzene rings is 1. The molecule has 0 bridgehead atoms. The Labute approximate surface area is 136 Å². The van der Waals surface area contributed by atoms with Gasteiger partial charge in [0.2, 0.25) is 5.91 Å². The number of hydrogen-bond donors (Lipinski definition) is 1. The molecule has 4 nitrogen and oxygen atoms in total. The summed E-state index contributed by atoms with van der Waals surface area (Å²) in [5.74, 6) is -3.45. The first-order chi connectivity index (χ1) is 10.0. The molecule has 0 heterocycles. The lowest BCUT2D eigenvalue weighted by Crippen LogP contribution is -2.28. The molecule has 0 saturated carbocycles. The molecule has 0 spiro atoms. The smallest absolute Gasteiger partial charge is 0.307 e. The van der Waals surface area contributed by atoms with E-state index in [2.05, 4.69) is 21.2 Å². The first-order valence-electron chi connectivity index (χ1n) is 6.67. The minimum absolute atomic E-state index is 0.132. The Morgan fingerprint density at radius 2 is 1.91 bits per heavy atom. The summed E-state index contributed by atoms with van der Waals surface area (Å²) in [6.45, 7) is 6.69. The largest absolute Gasteiger partial charge is 0.460 e. The summed E-state index contributed by atoms with van der Waals surface area (Å²) in [4.78, 5) is 23.6. The van der Waals surface area contributed by atoms with Crippen LogP contribution in [0.4, 0.5) is 14.5 Å². The van der Waals surface area contributed by atoms with E-state index in [1.54, 1.807) is 20.8 Å². The summed E-state index contributed by atoms with van der Waals surface area (Å²) in [7, 11) is 0. The van der Waals surface area contributed by atoms with Crippen molar-refractivity contribution in [2.75, 3.05) is 5.32 Å². The highest BCUT2D eigenvalue weighted by molar-refractivity contribution is 9.10. The van der Waals surface area contributed by atoms with Crippen LogP contribution in [0.2, 0.25) is 0 Å². The second-order valence-corrected chi connectivity index (χ2v) is 6.70. The Bertz CT molecular complexity index is 585. The summed E-state index contributed by atoms with van der Waals surface area (Å²) in [5.41, 5.74) is -0.796. The number of ether oxygens (including phenoxy) is 1. The number of carbonyl (C=O) groups is 2. The number of hydrogen-bond acceptors (Lipinski definition) is 3. The van der Waals surface area contributed by atoms with E-state index in [-0.39, 0.29) is 16.6 Å². The van der Waals surface area contributed by atoms with Crippen LogP contribution in [0.5, 0.6) is 0 Å². The third kappa shape index (κ3) is 5.36. The van der Waals surface area contributed by atoms with Crippen molar-refractivity contribution in [3.8, 4) is 0 Å². The molecule has 0 saturated heterocycles. The Hall–Kier alpha value is -1.50. The van der Waals surface area contributed by atoms with Gasteiger partial charge in [0.15, 0.2) is 5.82 Å². The van der Waals surface area contributed by atoms with Crippen LogP contribution in [0.15, 0.2) is 16.6 Å². The molecule has 122 valence electrons. The predicted octanol–water partition coefficient (Wildman–Crippen LogP) is 4.03. The van der Waals surface area contributed by atoms with Gasteiger partial charge >= 0.3 is 5.97 Å². The molecule has 0 aliphatic rings. The summed E-state index contributed by atoms with van der Waals surface area (Å²) in [6.07, 6.45) is -0.132. The first-order valence-corrected chi connectivity index (χ1v) is 7.46. The van der Waals surface area contributed by atoms with Crippen molar-refractivity contribution in [1.29, 1.82) is 0 Å². The average Bonchev–Trinajstić information content (AvgIpc) is 2.37. The van der Waals surface area contributed by atoms with Crippen molar-refractivity contribution in [3.05, 3.63) is 28.2 Å². The highest BCUT2D eigenvalue weighted by Crippen LogP contribution is 2.26. The maximum atomic E-state index is 13.8. The topological polar surface area (TPSA) is 55.4 Å². The van der Waals surface area contributed by atoms with Gasteiger partial charge in [-0.2, -0.15) is 0 Å². The Kier molecular flexibility index (Phi) is 6.05. The van der Waals surface area contributed by atoms with Gasteiger partial charge in [-0.25, -0.2) is 8.78 Å². The molecule has 1 N–H and O–H groups in total. The number of halogens is 3. The van der Waals surface area contributed by atoms with Crippen molar-refractivity contribution in [2.45, 2.75) is 39.7 Å². The van der Waals surface area contributed by atoms with Gasteiger partial charge in [-0.3, -0.25) is 9.59 Å². The molecule has 22 heavy (non-hydrogen) atoms. The van der Waals surface area contributed by atoms with E-state index in [1.807, 2.05) is 0 Å². The maximum Gasteiger partial charge on any atom is 0.307 e. The second kappa shape index (κ2) is 7.17. The van der Waals surface area contributed by atoms with Gasteiger partial charge in [0, 0.05) is 5.92 Å². The van der Waals surface area contributed by atoms with E-state index >= 15 is 0 Å². The van der Waals surface area contributed by atoms with Crippen LogP contribution in [0.3, 0.4) is 0 Å². The minimum Gasteiger partial charge on any atom is -0.460 e. The van der Waals surface area contributed by atoms with Crippen LogP contribution in [0.25, 0.3) is 0 Å². The van der Waals surface area contributed by atoms with Crippen LogP contribution in [0.1, 0.15) is 34.1 Å². The lowest BCUT2D eigenvalue weighted by molar-refractivity contribution is -0.156. The van der Waals surface area contributed by atoms with Crippen LogP contribution >= 0.6 is 15.9 Å². The summed E-state index contributed by atoms with van der Waals surface area (Å²) in [6, 6.07) is 2.15. The van der Waals surface area contributed by atoms with E-state index in [0.29, 0.717) is 0 Å². The van der Waals surface area contributed by atoms with E-state index in [1.165, 1.54) is 6.92 Å². The van der Waals surface area contributed by atoms with E-state index in [9.17, 15) is 18.4 Å². The Morgan fingerprint density at radius 3 is 2.45 bits per heavy atom. The molecule has 1 aromatic rings. The van der Waals surface area contributed by atoms with Gasteiger partial charge in [-0.15, -0.1) is 0 Å². The first kappa shape index (κ1) is 18.5. The van der Waals surface area contributed by atoms with Crippen molar-refractivity contribution < 1.29 is 23.1 Å². The SMILES string of the molecule is C[C@H](CC(=O)OC(C)(C)C)C(=O)Nc1ccc(F)c(Br)c1F. The quantitative estimate of drug-likeness (QED) is 0.636. The number of anilines is 1. The molecular weight excluding hydrogens is 360 g/mol. The molecule has 0 aliphatic carbocycles. The zero-order valence-corrected chi connectivity index (χ0v) is 14.4. The fraction of sp³-hybridized carbons (Fsp3) is 0.467. The van der Waals surface area contributed by atoms with E-state index in [0.717, 1.165) is 12.1 Å². The van der Waals surface area contributed by atoms with Crippen molar-refractivity contribution >= 4 is 33.5 Å². The summed E-state index contributed by atoms with van der Waals surface area (Å²) >= 11 is 2.75. The number of rotatable bonds is 4. The molecule has 0 unspecified atom stereocenters. The monoisotopic (exact) mass is 377 g/mol. The van der Waals surface area contributed by atoms with Crippen LogP contribution < -0.4 is 5.32 Å². The fourth-order valence-corrected chi connectivity index (χ4v) is 1.95. The standard InChI is InChI=1S/C15H18BrF2NO3/c1-8(7-11(20)22-15(2,3)4)14(21)19-10-6-5-9(17)12(16)13(10)18/h5-6,8H,7H2,1-4H3,(H,19,21)/t8-/m1/s1. The molecule has 1 rings (SSSR count). The summed E-state index contributed by atoms with van der Waals surface area (Å²) < 4.78 is 31.7.